The zero-order valence-electron chi connectivity index (χ0n) is 18.1. The van der Waals surface area contributed by atoms with Gasteiger partial charge in [0.2, 0.25) is 5.88 Å². The van der Waals surface area contributed by atoms with Crippen LogP contribution in [-0.4, -0.2) is 55.4 Å². The van der Waals surface area contributed by atoms with Crippen LogP contribution in [0.3, 0.4) is 0 Å². The third-order valence-corrected chi connectivity index (χ3v) is 7.12. The molecule has 0 fully saturated rings. The van der Waals surface area contributed by atoms with Crippen molar-refractivity contribution in [3.05, 3.63) is 57.2 Å². The van der Waals surface area contributed by atoms with Gasteiger partial charge >= 0.3 is 35.5 Å². The van der Waals surface area contributed by atoms with Crippen molar-refractivity contribution < 1.29 is 57.5 Å². The van der Waals surface area contributed by atoms with E-state index in [1.807, 2.05) is 0 Å². The van der Waals surface area contributed by atoms with Crippen LogP contribution in [-0.2, 0) is 10.1 Å². The van der Waals surface area contributed by atoms with Crippen LogP contribution in [0.5, 0.6) is 5.88 Å². The Morgan fingerprint density at radius 1 is 1.29 bits per heavy atom. The second-order valence-electron chi connectivity index (χ2n) is 6.41. The minimum absolute atomic E-state index is 0. The van der Waals surface area contributed by atoms with Gasteiger partial charge in [0.05, 0.1) is 27.9 Å². The Kier molecular flexibility index (Phi) is 9.68. The molecule has 35 heavy (non-hydrogen) atoms. The number of pyridine rings is 1. The summed E-state index contributed by atoms with van der Waals surface area (Å²) in [7, 11) is -4.35. The normalized spacial score (nSPS) is 11.2. The number of aromatic carboxylic acids is 1. The molecule has 2 aromatic heterocycles. The number of aromatic nitrogens is 3. The first-order chi connectivity index (χ1) is 16.0. The quantitative estimate of drug-likeness (QED) is 0.128. The van der Waals surface area contributed by atoms with E-state index in [0.717, 1.165) is 27.7 Å². The molecular weight excluding hydrogens is 531 g/mol. The number of carboxylic acid groups (broad SMARTS) is 1. The van der Waals surface area contributed by atoms with Gasteiger partial charge in [0, 0.05) is 11.5 Å². The van der Waals surface area contributed by atoms with Crippen LogP contribution >= 0.6 is 23.1 Å². The van der Waals surface area contributed by atoms with Crippen LogP contribution in [0.15, 0.2) is 43.6 Å². The van der Waals surface area contributed by atoms with Crippen LogP contribution < -0.4 is 35.1 Å². The van der Waals surface area contributed by atoms with Gasteiger partial charge in [0.15, 0.2) is 4.34 Å². The maximum atomic E-state index is 13.1. The number of nitrogens with zero attached hydrogens (tertiary/aromatic N) is 6. The maximum absolute atomic E-state index is 13.1. The van der Waals surface area contributed by atoms with Gasteiger partial charge in [-0.15, -0.1) is 20.4 Å². The van der Waals surface area contributed by atoms with E-state index in [1.54, 1.807) is 0 Å². The second-order valence-corrected chi connectivity index (χ2v) is 10.2. The van der Waals surface area contributed by atoms with Crippen LogP contribution in [0.1, 0.15) is 15.9 Å². The van der Waals surface area contributed by atoms with E-state index in [2.05, 4.69) is 25.3 Å². The molecule has 0 saturated carbocycles. The average Bonchev–Trinajstić information content (AvgIpc) is 3.21. The van der Waals surface area contributed by atoms with Gasteiger partial charge < -0.3 is 14.8 Å². The molecule has 0 aliphatic rings. The van der Waals surface area contributed by atoms with E-state index in [-0.39, 0.29) is 68.6 Å². The molecule has 2 heterocycles. The van der Waals surface area contributed by atoms with Crippen LogP contribution in [0, 0.1) is 13.5 Å². The van der Waals surface area contributed by atoms with Gasteiger partial charge in [0.25, 0.3) is 16.4 Å². The predicted molar refractivity (Wildman–Crippen MR) is 121 cm³/mol. The van der Waals surface area contributed by atoms with Gasteiger partial charge in [-0.3, -0.25) is 9.36 Å². The van der Waals surface area contributed by atoms with E-state index >= 15 is 0 Å². The molecule has 176 valence electrons. The number of rotatable bonds is 8. The molecule has 0 unspecified atom stereocenters. The number of carbonyl (C=O) groups is 1. The molecule has 0 radical (unpaired) electrons. The van der Waals surface area contributed by atoms with Crippen LogP contribution in [0.25, 0.3) is 10.5 Å². The van der Waals surface area contributed by atoms with Gasteiger partial charge in [-0.1, -0.05) is 23.1 Å². The number of thioether (sulfide) groups is 1. The van der Waals surface area contributed by atoms with Crippen molar-refractivity contribution >= 4 is 55.7 Å². The summed E-state index contributed by atoms with van der Waals surface area (Å²) in [6.45, 7) is 8.77. The Morgan fingerprint density at radius 3 is 2.51 bits per heavy atom. The fourth-order valence-electron chi connectivity index (χ4n) is 2.62. The number of hydrogen-bond donors (Lipinski definition) is 2. The summed E-state index contributed by atoms with van der Waals surface area (Å²) in [4.78, 5) is 27.4. The smallest absolute Gasteiger partial charge is 0.748 e. The SMILES string of the molecule is [C-]#[N+]c1c(C)c(N=Nc2nnc(SCCS(=O)(=O)[O-])s2)c(=O)n(-c2ccc(C(=O)O)cc2)c1O.[Na+]. The third-order valence-electron chi connectivity index (χ3n) is 4.21. The molecule has 0 aliphatic heterocycles. The first-order valence-corrected chi connectivity index (χ1v) is 12.4. The zero-order chi connectivity index (χ0) is 25.0. The minimum atomic E-state index is -4.35. The molecule has 3 rings (SSSR count). The molecule has 1 aromatic carbocycles. The Morgan fingerprint density at radius 2 is 1.94 bits per heavy atom. The van der Waals surface area contributed by atoms with Crippen LogP contribution in [0.4, 0.5) is 16.5 Å². The number of aromatic hydroxyl groups is 1. The van der Waals surface area contributed by atoms with Crippen LogP contribution in [0.2, 0.25) is 0 Å². The first kappa shape index (κ1) is 28.6. The number of azo groups is 1. The Labute approximate surface area is 228 Å². The molecule has 0 atom stereocenters. The third kappa shape index (κ3) is 6.95. The van der Waals surface area contributed by atoms with Crippen molar-refractivity contribution in [3.8, 4) is 11.6 Å². The van der Waals surface area contributed by atoms with E-state index in [0.29, 0.717) is 4.34 Å². The number of benzene rings is 1. The van der Waals surface area contributed by atoms with E-state index in [4.69, 9.17) is 11.7 Å². The van der Waals surface area contributed by atoms with Crippen molar-refractivity contribution in [2.75, 3.05) is 11.5 Å². The van der Waals surface area contributed by atoms with Gasteiger partial charge in [-0.25, -0.2) is 18.1 Å². The number of carboxylic acids is 1. The monoisotopic (exact) mass is 544 g/mol. The van der Waals surface area contributed by atoms with Crippen molar-refractivity contribution in [2.24, 2.45) is 10.2 Å². The molecular formula is C18H13N6NaO7S3. The maximum Gasteiger partial charge on any atom is 1.00 e. The molecule has 0 saturated heterocycles. The minimum Gasteiger partial charge on any atom is -0.748 e. The Balaban J connectivity index is 0.00000432. The average molecular weight is 545 g/mol. The summed E-state index contributed by atoms with van der Waals surface area (Å²) >= 11 is 1.93. The van der Waals surface area contributed by atoms with E-state index in [9.17, 15) is 27.7 Å². The first-order valence-electron chi connectivity index (χ1n) is 9.03. The van der Waals surface area contributed by atoms with Crippen molar-refractivity contribution in [1.82, 2.24) is 14.8 Å². The second kappa shape index (κ2) is 11.9. The molecule has 0 spiro atoms. The fraction of sp³-hybridized carbons (Fsp3) is 0.167. The van der Waals surface area contributed by atoms with E-state index in [1.165, 1.54) is 31.2 Å². The van der Waals surface area contributed by atoms with Gasteiger partial charge in [0.1, 0.15) is 5.69 Å². The molecule has 2 N–H and O–H groups in total. The molecule has 0 aliphatic carbocycles. The molecule has 0 bridgehead atoms. The summed E-state index contributed by atoms with van der Waals surface area (Å²) in [5, 5.41) is 34.9. The molecule has 0 amide bonds. The summed E-state index contributed by atoms with van der Waals surface area (Å²) in [6, 6.07) is 5.07. The van der Waals surface area contributed by atoms with Crippen molar-refractivity contribution in [3.63, 3.8) is 0 Å². The molecule has 13 nitrogen and oxygen atoms in total. The Bertz CT molecular complexity index is 1490. The summed E-state index contributed by atoms with van der Waals surface area (Å²) in [6.07, 6.45) is 0. The summed E-state index contributed by atoms with van der Waals surface area (Å²) in [5.74, 6) is -2.41. The fourth-order valence-corrected chi connectivity index (χ4v) is 5.15. The van der Waals surface area contributed by atoms with Gasteiger partial charge in [-0.05, 0) is 36.8 Å². The summed E-state index contributed by atoms with van der Waals surface area (Å²) in [5.41, 5.74) is -1.17. The van der Waals surface area contributed by atoms with Crippen molar-refractivity contribution in [2.45, 2.75) is 11.3 Å². The molecule has 3 aromatic rings. The molecule has 17 heteroatoms. The topological polar surface area (TPSA) is 192 Å². The predicted octanol–water partition coefficient (Wildman–Crippen LogP) is 0.00871. The summed E-state index contributed by atoms with van der Waals surface area (Å²) < 4.78 is 33.2. The largest absolute Gasteiger partial charge is 1.00 e. The zero-order valence-corrected chi connectivity index (χ0v) is 22.5. The van der Waals surface area contributed by atoms with Gasteiger partial charge in [-0.2, -0.15) is 0 Å². The number of hydrogen-bond acceptors (Lipinski definition) is 12. The Hall–Kier alpha value is -2.65. The van der Waals surface area contributed by atoms with E-state index < -0.39 is 33.3 Å². The van der Waals surface area contributed by atoms with Crippen molar-refractivity contribution in [1.29, 1.82) is 0 Å². The standard InChI is InChI=1S/C18H14N6O7S3.Na/c1-9-12(19-2)14(25)24(11-5-3-10(4-6-11)16(27)28)15(26)13(9)20-21-17-22-23-18(33-17)32-7-8-34(29,30)31;/h3-6,25H,7-8H2,1H3,(H,27,28)(H,29,30,31);/q;+1/p-1.